The van der Waals surface area contributed by atoms with E-state index in [2.05, 4.69) is 0 Å². The van der Waals surface area contributed by atoms with Crippen LogP contribution in [-0.2, 0) is 10.0 Å². The van der Waals surface area contributed by atoms with E-state index < -0.39 is 40.0 Å². The Labute approximate surface area is 113 Å². The number of carbonyl (C=O) groups is 1. The van der Waals surface area contributed by atoms with Gasteiger partial charge in [0, 0.05) is 12.1 Å². The zero-order valence-corrected chi connectivity index (χ0v) is 10.9. The van der Waals surface area contributed by atoms with Crippen molar-refractivity contribution in [3.63, 3.8) is 0 Å². The molecule has 1 aromatic carbocycles. The third-order valence-corrected chi connectivity index (χ3v) is 3.82. The molecule has 0 bridgehead atoms. The van der Waals surface area contributed by atoms with Gasteiger partial charge in [0.2, 0.25) is 15.9 Å². The number of sulfonamides is 1. The number of rotatable bonds is 5. The number of nitrogens with two attached hydrogens (primary N) is 2. The average molecular weight is 311 g/mol. The fraction of sp³-hybridized carbons (Fsp3) is 0.300. The van der Waals surface area contributed by atoms with Crippen molar-refractivity contribution in [1.29, 1.82) is 0 Å². The van der Waals surface area contributed by atoms with Crippen molar-refractivity contribution in [2.45, 2.75) is 17.5 Å². The second-order valence-electron chi connectivity index (χ2n) is 3.88. The molecule has 6 nitrogen and oxygen atoms in total. The first-order valence-electron chi connectivity index (χ1n) is 5.29. The molecule has 1 rings (SSSR count). The molecule has 0 atom stereocenters. The summed E-state index contributed by atoms with van der Waals surface area (Å²) in [5.74, 6) is -0.800. The van der Waals surface area contributed by atoms with Crippen LogP contribution >= 0.6 is 0 Å². The highest BCUT2D eigenvalue weighted by atomic mass is 32.2. The topological polar surface area (TPSA) is 115 Å². The molecule has 20 heavy (non-hydrogen) atoms. The van der Waals surface area contributed by atoms with Crippen LogP contribution in [0.25, 0.3) is 0 Å². The molecule has 0 heterocycles. The van der Waals surface area contributed by atoms with Crippen molar-refractivity contribution in [3.05, 3.63) is 23.8 Å². The normalized spacial score (nSPS) is 12.3. The summed E-state index contributed by atoms with van der Waals surface area (Å²) >= 11 is 0. The van der Waals surface area contributed by atoms with Crippen LogP contribution in [0.2, 0.25) is 0 Å². The number of primary amides is 1. The molecule has 1 amide bonds. The van der Waals surface area contributed by atoms with Crippen molar-refractivity contribution in [2.75, 3.05) is 12.3 Å². The number of hydrogen-bond donors (Lipinski definition) is 3. The number of halogens is 3. The summed E-state index contributed by atoms with van der Waals surface area (Å²) in [6.07, 6.45) is -5.77. The summed E-state index contributed by atoms with van der Waals surface area (Å²) in [4.78, 5) is 10.5. The number of nitrogens with one attached hydrogen (secondary N) is 1. The van der Waals surface area contributed by atoms with Crippen LogP contribution in [0.4, 0.5) is 18.9 Å². The molecule has 0 aromatic heterocycles. The van der Waals surface area contributed by atoms with E-state index in [-0.39, 0.29) is 11.3 Å². The Bertz CT molecular complexity index is 614. The predicted octanol–water partition coefficient (Wildman–Crippen LogP) is 0.598. The fourth-order valence-electron chi connectivity index (χ4n) is 1.35. The first-order valence-corrected chi connectivity index (χ1v) is 6.77. The molecular formula is C10H12F3N3O3S. The van der Waals surface area contributed by atoms with Gasteiger partial charge in [-0.1, -0.05) is 0 Å². The third kappa shape index (κ3) is 4.38. The Morgan fingerprint density at radius 3 is 2.35 bits per heavy atom. The molecular weight excluding hydrogens is 299 g/mol. The van der Waals surface area contributed by atoms with E-state index in [1.165, 1.54) is 0 Å². The molecule has 0 aliphatic heterocycles. The quantitative estimate of drug-likeness (QED) is 0.690. The highest BCUT2D eigenvalue weighted by Gasteiger charge is 2.28. The number of alkyl halides is 3. The Hall–Kier alpha value is -1.81. The zero-order valence-electron chi connectivity index (χ0n) is 10.1. The van der Waals surface area contributed by atoms with Gasteiger partial charge in [-0.3, -0.25) is 4.79 Å². The molecule has 0 fully saturated rings. The van der Waals surface area contributed by atoms with Gasteiger partial charge in [-0.05, 0) is 18.2 Å². The van der Waals surface area contributed by atoms with Gasteiger partial charge >= 0.3 is 6.18 Å². The van der Waals surface area contributed by atoms with Crippen molar-refractivity contribution >= 4 is 21.6 Å². The van der Waals surface area contributed by atoms with E-state index in [4.69, 9.17) is 11.5 Å². The number of carbonyl (C=O) groups excluding carboxylic acids is 1. The molecule has 112 valence electrons. The second kappa shape index (κ2) is 5.67. The second-order valence-corrected chi connectivity index (χ2v) is 5.62. The first kappa shape index (κ1) is 16.2. The van der Waals surface area contributed by atoms with E-state index >= 15 is 0 Å². The smallest absolute Gasteiger partial charge is 0.390 e. The molecule has 0 unspecified atom stereocenters. The first-order chi connectivity index (χ1) is 9.03. The Morgan fingerprint density at radius 1 is 1.30 bits per heavy atom. The lowest BCUT2D eigenvalue weighted by Crippen LogP contribution is -2.28. The number of benzene rings is 1. The lowest BCUT2D eigenvalue weighted by molar-refractivity contribution is -0.132. The Balaban J connectivity index is 2.91. The fourth-order valence-corrected chi connectivity index (χ4v) is 2.49. The summed E-state index contributed by atoms with van der Waals surface area (Å²) < 4.78 is 61.1. The Morgan fingerprint density at radius 2 is 1.90 bits per heavy atom. The van der Waals surface area contributed by atoms with Crippen LogP contribution in [0.5, 0.6) is 0 Å². The molecule has 0 radical (unpaired) electrons. The average Bonchev–Trinajstić information content (AvgIpc) is 2.26. The van der Waals surface area contributed by atoms with Crippen LogP contribution in [0.1, 0.15) is 16.8 Å². The standard InChI is InChI=1S/C10H12F3N3O3S/c11-10(12,13)3-4-16-20(18,19)8-2-1-6(9(15)17)5-7(8)14/h1-2,5,16H,3-4,14H2,(H2,15,17). The summed E-state index contributed by atoms with van der Waals surface area (Å²) in [5, 5.41) is 0. The third-order valence-electron chi connectivity index (χ3n) is 2.28. The van der Waals surface area contributed by atoms with Gasteiger partial charge in [-0.2, -0.15) is 13.2 Å². The number of nitrogen functional groups attached to an aromatic ring is 1. The van der Waals surface area contributed by atoms with E-state index in [0.717, 1.165) is 18.2 Å². The predicted molar refractivity (Wildman–Crippen MR) is 65.2 cm³/mol. The van der Waals surface area contributed by atoms with Gasteiger partial charge in [0.25, 0.3) is 0 Å². The number of anilines is 1. The Kier molecular flexibility index (Phi) is 4.61. The van der Waals surface area contributed by atoms with Gasteiger partial charge in [-0.25, -0.2) is 13.1 Å². The molecule has 1 aromatic rings. The van der Waals surface area contributed by atoms with Crippen LogP contribution in [0.15, 0.2) is 23.1 Å². The van der Waals surface area contributed by atoms with Gasteiger partial charge in [0.05, 0.1) is 12.1 Å². The van der Waals surface area contributed by atoms with Crippen molar-refractivity contribution in [3.8, 4) is 0 Å². The largest absolute Gasteiger partial charge is 0.398 e. The van der Waals surface area contributed by atoms with Crippen LogP contribution in [0.3, 0.4) is 0 Å². The van der Waals surface area contributed by atoms with Crippen LogP contribution < -0.4 is 16.2 Å². The monoisotopic (exact) mass is 311 g/mol. The lowest BCUT2D eigenvalue weighted by Gasteiger charge is -2.11. The zero-order chi connectivity index (χ0) is 15.6. The van der Waals surface area contributed by atoms with Gasteiger partial charge < -0.3 is 11.5 Å². The summed E-state index contributed by atoms with van der Waals surface area (Å²) in [5.41, 5.74) is 10.2. The number of hydrogen-bond acceptors (Lipinski definition) is 4. The van der Waals surface area contributed by atoms with E-state index in [1.54, 1.807) is 4.72 Å². The molecule has 0 saturated heterocycles. The molecule has 5 N–H and O–H groups in total. The number of amides is 1. The van der Waals surface area contributed by atoms with Crippen molar-refractivity contribution in [2.24, 2.45) is 5.73 Å². The van der Waals surface area contributed by atoms with E-state index in [1.807, 2.05) is 0 Å². The minimum atomic E-state index is -4.47. The van der Waals surface area contributed by atoms with Crippen molar-refractivity contribution in [1.82, 2.24) is 4.72 Å². The summed E-state index contributed by atoms with van der Waals surface area (Å²) in [6.45, 7) is -0.803. The molecule has 0 spiro atoms. The minimum Gasteiger partial charge on any atom is -0.398 e. The van der Waals surface area contributed by atoms with Gasteiger partial charge in [0.15, 0.2) is 0 Å². The van der Waals surface area contributed by atoms with E-state index in [0.29, 0.717) is 0 Å². The lowest BCUT2D eigenvalue weighted by atomic mass is 10.2. The van der Waals surface area contributed by atoms with Crippen molar-refractivity contribution < 1.29 is 26.4 Å². The highest BCUT2D eigenvalue weighted by Crippen LogP contribution is 2.21. The molecule has 10 heteroatoms. The van der Waals surface area contributed by atoms with Crippen LogP contribution in [0, 0.1) is 0 Å². The molecule has 0 aliphatic carbocycles. The maximum Gasteiger partial charge on any atom is 0.390 e. The molecule has 0 saturated carbocycles. The highest BCUT2D eigenvalue weighted by molar-refractivity contribution is 7.89. The van der Waals surface area contributed by atoms with Gasteiger partial charge in [-0.15, -0.1) is 0 Å². The summed E-state index contributed by atoms with van der Waals surface area (Å²) in [6, 6.07) is 3.17. The van der Waals surface area contributed by atoms with Gasteiger partial charge in [0.1, 0.15) is 4.90 Å². The maximum atomic E-state index is 11.9. The minimum absolute atomic E-state index is 0.00302. The maximum absolute atomic E-state index is 11.9. The van der Waals surface area contributed by atoms with Crippen LogP contribution in [-0.4, -0.2) is 27.0 Å². The molecule has 0 aliphatic rings. The SMILES string of the molecule is NC(=O)c1ccc(S(=O)(=O)NCCC(F)(F)F)c(N)c1. The summed E-state index contributed by atoms with van der Waals surface area (Å²) in [7, 11) is -4.18. The van der Waals surface area contributed by atoms with E-state index in [9.17, 15) is 26.4 Å².